The highest BCUT2D eigenvalue weighted by atomic mass is 16.3. The van der Waals surface area contributed by atoms with Crippen LogP contribution in [0.2, 0.25) is 0 Å². The fourth-order valence-electron chi connectivity index (χ4n) is 2.27. The summed E-state index contributed by atoms with van der Waals surface area (Å²) >= 11 is 0. The third-order valence-corrected chi connectivity index (χ3v) is 3.55. The summed E-state index contributed by atoms with van der Waals surface area (Å²) in [6.07, 6.45) is 5.79. The van der Waals surface area contributed by atoms with Crippen LogP contribution in [0, 0.1) is 0 Å². The number of aliphatic hydroxyl groups is 1. The lowest BCUT2D eigenvalue weighted by molar-refractivity contribution is 0.212. The van der Waals surface area contributed by atoms with E-state index in [4.69, 9.17) is 5.73 Å². The predicted octanol–water partition coefficient (Wildman–Crippen LogP) is 3.63. The van der Waals surface area contributed by atoms with E-state index in [9.17, 15) is 5.11 Å². The van der Waals surface area contributed by atoms with E-state index in [2.05, 4.69) is 12.1 Å². The van der Waals surface area contributed by atoms with Crippen molar-refractivity contribution < 1.29 is 5.11 Å². The highest BCUT2D eigenvalue weighted by Crippen LogP contribution is 2.14. The second kappa shape index (κ2) is 8.40. The zero-order valence-corrected chi connectivity index (χ0v) is 12.2. The van der Waals surface area contributed by atoms with Gasteiger partial charge in [-0.25, -0.2) is 0 Å². The topological polar surface area (TPSA) is 46.2 Å². The fraction of sp³-hybridized carbons (Fsp3) is 0.263. The summed E-state index contributed by atoms with van der Waals surface area (Å²) in [6.45, 7) is 0. The molecule has 0 radical (unpaired) electrons. The lowest BCUT2D eigenvalue weighted by atomic mass is 10.0. The summed E-state index contributed by atoms with van der Waals surface area (Å²) in [7, 11) is 0. The Bertz CT molecular complexity index is 536. The molecule has 0 bridgehead atoms. The SMILES string of the molecule is N[C@@H](C/C=C\[C@@H](O)CCc1ccccc1)c1ccccc1. The summed E-state index contributed by atoms with van der Waals surface area (Å²) in [5.74, 6) is 0. The van der Waals surface area contributed by atoms with Gasteiger partial charge in [0.25, 0.3) is 0 Å². The van der Waals surface area contributed by atoms with Crippen molar-refractivity contribution in [2.45, 2.75) is 31.4 Å². The number of rotatable bonds is 7. The lowest BCUT2D eigenvalue weighted by Gasteiger charge is -2.10. The van der Waals surface area contributed by atoms with Crippen molar-refractivity contribution in [3.05, 3.63) is 83.9 Å². The average molecular weight is 281 g/mol. The Hall–Kier alpha value is -1.90. The third-order valence-electron chi connectivity index (χ3n) is 3.55. The molecule has 0 heterocycles. The molecular weight excluding hydrogens is 258 g/mol. The monoisotopic (exact) mass is 281 g/mol. The first kappa shape index (κ1) is 15.5. The number of hydrogen-bond acceptors (Lipinski definition) is 2. The first-order valence-electron chi connectivity index (χ1n) is 7.45. The Labute approximate surface area is 126 Å². The van der Waals surface area contributed by atoms with Crippen molar-refractivity contribution in [1.82, 2.24) is 0 Å². The molecule has 2 aromatic rings. The molecule has 0 aliphatic heterocycles. The largest absolute Gasteiger partial charge is 0.389 e. The van der Waals surface area contributed by atoms with Gasteiger partial charge in [0.1, 0.15) is 0 Å². The summed E-state index contributed by atoms with van der Waals surface area (Å²) in [5, 5.41) is 9.97. The van der Waals surface area contributed by atoms with Crippen molar-refractivity contribution in [2.24, 2.45) is 5.73 Å². The maximum absolute atomic E-state index is 9.97. The van der Waals surface area contributed by atoms with Gasteiger partial charge in [0.15, 0.2) is 0 Å². The molecule has 2 atom stereocenters. The van der Waals surface area contributed by atoms with Crippen LogP contribution in [-0.4, -0.2) is 11.2 Å². The molecule has 2 heteroatoms. The van der Waals surface area contributed by atoms with Crippen molar-refractivity contribution in [3.63, 3.8) is 0 Å². The minimum Gasteiger partial charge on any atom is -0.389 e. The van der Waals surface area contributed by atoms with Gasteiger partial charge in [-0.05, 0) is 30.4 Å². The molecule has 0 aliphatic rings. The average Bonchev–Trinajstić information content (AvgIpc) is 2.54. The molecule has 2 aromatic carbocycles. The van der Waals surface area contributed by atoms with E-state index >= 15 is 0 Å². The minimum absolute atomic E-state index is 0.0104. The molecule has 0 unspecified atom stereocenters. The fourth-order valence-corrected chi connectivity index (χ4v) is 2.27. The quantitative estimate of drug-likeness (QED) is 0.761. The molecule has 0 amide bonds. The first-order valence-corrected chi connectivity index (χ1v) is 7.45. The van der Waals surface area contributed by atoms with Gasteiger partial charge in [-0.2, -0.15) is 0 Å². The van der Waals surface area contributed by atoms with Gasteiger partial charge in [-0.3, -0.25) is 0 Å². The van der Waals surface area contributed by atoms with E-state index in [1.54, 1.807) is 0 Å². The van der Waals surface area contributed by atoms with Crippen LogP contribution in [-0.2, 0) is 6.42 Å². The maximum Gasteiger partial charge on any atom is 0.0724 e. The molecule has 0 saturated heterocycles. The van der Waals surface area contributed by atoms with Crippen LogP contribution in [0.15, 0.2) is 72.8 Å². The van der Waals surface area contributed by atoms with Crippen molar-refractivity contribution in [1.29, 1.82) is 0 Å². The van der Waals surface area contributed by atoms with Crippen LogP contribution < -0.4 is 5.73 Å². The number of aryl methyl sites for hydroxylation is 1. The molecule has 3 N–H and O–H groups in total. The molecule has 0 fully saturated rings. The smallest absolute Gasteiger partial charge is 0.0724 e. The zero-order chi connectivity index (χ0) is 14.9. The van der Waals surface area contributed by atoms with Crippen LogP contribution >= 0.6 is 0 Å². The number of aliphatic hydroxyl groups excluding tert-OH is 1. The molecule has 2 rings (SSSR count). The van der Waals surface area contributed by atoms with E-state index in [0.717, 1.165) is 24.8 Å². The maximum atomic E-state index is 9.97. The van der Waals surface area contributed by atoms with E-state index in [1.165, 1.54) is 5.56 Å². The van der Waals surface area contributed by atoms with E-state index < -0.39 is 6.10 Å². The Morgan fingerprint density at radius 2 is 1.57 bits per heavy atom. The van der Waals surface area contributed by atoms with Crippen molar-refractivity contribution >= 4 is 0 Å². The Balaban J connectivity index is 1.73. The first-order chi connectivity index (χ1) is 10.3. The van der Waals surface area contributed by atoms with E-state index in [1.807, 2.05) is 60.7 Å². The second-order valence-electron chi connectivity index (χ2n) is 5.27. The standard InChI is InChI=1S/C19H23NO/c20-19(17-10-5-2-6-11-17)13-7-12-18(21)15-14-16-8-3-1-4-9-16/h1-12,18-19,21H,13-15,20H2/b12-7-/t18-,19+/m1/s1. The van der Waals surface area contributed by atoms with E-state index in [0.29, 0.717) is 0 Å². The summed E-state index contributed by atoms with van der Waals surface area (Å²) in [4.78, 5) is 0. The molecule has 0 aliphatic carbocycles. The van der Waals surface area contributed by atoms with Gasteiger partial charge >= 0.3 is 0 Å². The minimum atomic E-state index is -0.409. The van der Waals surface area contributed by atoms with Crippen LogP contribution in [0.1, 0.15) is 30.0 Å². The summed E-state index contributed by atoms with van der Waals surface area (Å²) in [5.41, 5.74) is 8.49. The van der Waals surface area contributed by atoms with Gasteiger partial charge in [0.2, 0.25) is 0 Å². The molecular formula is C19H23NO. The summed E-state index contributed by atoms with van der Waals surface area (Å²) < 4.78 is 0. The summed E-state index contributed by atoms with van der Waals surface area (Å²) in [6, 6.07) is 20.2. The molecule has 0 aromatic heterocycles. The van der Waals surface area contributed by atoms with E-state index in [-0.39, 0.29) is 6.04 Å². The third kappa shape index (κ3) is 5.54. The molecule has 2 nitrogen and oxygen atoms in total. The lowest BCUT2D eigenvalue weighted by Crippen LogP contribution is -2.09. The van der Waals surface area contributed by atoms with Crippen LogP contribution in [0.25, 0.3) is 0 Å². The van der Waals surface area contributed by atoms with Gasteiger partial charge in [-0.1, -0.05) is 72.8 Å². The zero-order valence-electron chi connectivity index (χ0n) is 12.2. The Morgan fingerprint density at radius 3 is 2.24 bits per heavy atom. The van der Waals surface area contributed by atoms with Gasteiger partial charge in [-0.15, -0.1) is 0 Å². The highest BCUT2D eigenvalue weighted by molar-refractivity contribution is 5.19. The van der Waals surface area contributed by atoms with Crippen molar-refractivity contribution in [3.8, 4) is 0 Å². The number of benzene rings is 2. The van der Waals surface area contributed by atoms with Gasteiger partial charge in [0, 0.05) is 6.04 Å². The van der Waals surface area contributed by atoms with Crippen molar-refractivity contribution in [2.75, 3.05) is 0 Å². The van der Waals surface area contributed by atoms with Crippen LogP contribution in [0.5, 0.6) is 0 Å². The Morgan fingerprint density at radius 1 is 0.952 bits per heavy atom. The number of nitrogens with two attached hydrogens (primary N) is 1. The highest BCUT2D eigenvalue weighted by Gasteiger charge is 2.04. The second-order valence-corrected chi connectivity index (χ2v) is 5.27. The Kier molecular flexibility index (Phi) is 6.20. The van der Waals surface area contributed by atoms with Gasteiger partial charge in [0.05, 0.1) is 6.10 Å². The predicted molar refractivity (Wildman–Crippen MR) is 87.9 cm³/mol. The molecule has 21 heavy (non-hydrogen) atoms. The molecule has 0 saturated carbocycles. The number of hydrogen-bond donors (Lipinski definition) is 2. The van der Waals surface area contributed by atoms with Crippen LogP contribution in [0.3, 0.4) is 0 Å². The molecule has 110 valence electrons. The van der Waals surface area contributed by atoms with Crippen LogP contribution in [0.4, 0.5) is 0 Å². The van der Waals surface area contributed by atoms with Gasteiger partial charge < -0.3 is 10.8 Å². The normalized spacial score (nSPS) is 14.2. The molecule has 0 spiro atoms.